The van der Waals surface area contributed by atoms with Crippen molar-refractivity contribution < 1.29 is 13.9 Å². The fraction of sp³-hybridized carbons (Fsp3) is 0.333. The van der Waals surface area contributed by atoms with Gasteiger partial charge in [0.15, 0.2) is 5.76 Å². The highest BCUT2D eigenvalue weighted by Gasteiger charge is 2.28. The van der Waals surface area contributed by atoms with Gasteiger partial charge in [0.05, 0.1) is 18.0 Å². The van der Waals surface area contributed by atoms with Gasteiger partial charge in [-0.25, -0.2) is 0 Å². The molecule has 2 heterocycles. The number of hydrogen-bond donors (Lipinski definition) is 2. The molecule has 3 aromatic rings. The van der Waals surface area contributed by atoms with E-state index in [1.54, 1.807) is 0 Å². The Morgan fingerprint density at radius 1 is 1.30 bits per heavy atom. The number of nitrogens with one attached hydrogen (secondary N) is 2. The van der Waals surface area contributed by atoms with Crippen LogP contribution in [0.3, 0.4) is 0 Å². The average Bonchev–Trinajstić information content (AvgIpc) is 3.24. The minimum atomic E-state index is -0.203. The van der Waals surface area contributed by atoms with E-state index < -0.39 is 0 Å². The first-order valence-electron chi connectivity index (χ1n) is 9.21. The first-order chi connectivity index (χ1) is 13.0. The molecule has 0 unspecified atom stereocenters. The van der Waals surface area contributed by atoms with Crippen molar-refractivity contribution in [3.05, 3.63) is 58.7 Å². The van der Waals surface area contributed by atoms with Gasteiger partial charge in [0, 0.05) is 24.1 Å². The van der Waals surface area contributed by atoms with Crippen LogP contribution in [0.5, 0.6) is 5.75 Å². The van der Waals surface area contributed by atoms with Crippen molar-refractivity contribution in [1.29, 1.82) is 0 Å². The van der Waals surface area contributed by atoms with Crippen molar-refractivity contribution in [2.24, 2.45) is 0 Å². The number of benzene rings is 1. The summed E-state index contributed by atoms with van der Waals surface area (Å²) in [5.74, 6) is 1.85. The number of furan rings is 1. The molecule has 27 heavy (non-hydrogen) atoms. The van der Waals surface area contributed by atoms with E-state index in [0.717, 1.165) is 46.7 Å². The number of carbonyl (C=O) groups is 1. The molecular weight excluding hydrogens is 342 g/mol. The lowest BCUT2D eigenvalue weighted by Crippen LogP contribution is -2.23. The van der Waals surface area contributed by atoms with Crippen molar-refractivity contribution >= 4 is 5.91 Å². The number of carbonyl (C=O) groups excluding carboxylic acids is 1. The lowest BCUT2D eigenvalue weighted by atomic mass is 9.93. The van der Waals surface area contributed by atoms with Crippen molar-refractivity contribution in [2.45, 2.75) is 46.3 Å². The van der Waals surface area contributed by atoms with Crippen LogP contribution >= 0.6 is 0 Å². The molecule has 0 atom stereocenters. The Morgan fingerprint density at radius 2 is 2.07 bits per heavy atom. The lowest BCUT2D eigenvalue weighted by Gasteiger charge is -2.10. The normalized spacial score (nSPS) is 12.6. The second-order valence-electron chi connectivity index (χ2n) is 7.12. The van der Waals surface area contributed by atoms with Crippen molar-refractivity contribution in [3.8, 4) is 17.0 Å². The van der Waals surface area contributed by atoms with Gasteiger partial charge >= 0.3 is 0 Å². The summed E-state index contributed by atoms with van der Waals surface area (Å²) in [6, 6.07) is 7.74. The van der Waals surface area contributed by atoms with Crippen molar-refractivity contribution in [3.63, 3.8) is 0 Å². The predicted molar refractivity (Wildman–Crippen MR) is 102 cm³/mol. The molecule has 1 amide bonds. The first-order valence-corrected chi connectivity index (χ1v) is 9.21. The van der Waals surface area contributed by atoms with E-state index in [4.69, 9.17) is 9.15 Å². The van der Waals surface area contributed by atoms with E-state index in [1.807, 2.05) is 51.2 Å². The van der Waals surface area contributed by atoms with Crippen LogP contribution in [-0.4, -0.2) is 22.2 Å². The monoisotopic (exact) mass is 365 g/mol. The molecule has 1 aliphatic rings. The predicted octanol–water partition coefficient (Wildman–Crippen LogP) is 3.79. The summed E-state index contributed by atoms with van der Waals surface area (Å²) in [6.45, 7) is 6.34. The third-order valence-corrected chi connectivity index (χ3v) is 4.76. The number of amides is 1. The molecule has 6 nitrogen and oxygen atoms in total. The highest BCUT2D eigenvalue weighted by Crippen LogP contribution is 2.37. The number of nitrogens with zero attached hydrogens (tertiary/aromatic N) is 1. The minimum absolute atomic E-state index is 0.138. The molecule has 4 rings (SSSR count). The van der Waals surface area contributed by atoms with Gasteiger partial charge < -0.3 is 14.5 Å². The van der Waals surface area contributed by atoms with Crippen LogP contribution in [0.4, 0.5) is 0 Å². The van der Waals surface area contributed by atoms with Gasteiger partial charge in [-0.2, -0.15) is 5.10 Å². The zero-order valence-corrected chi connectivity index (χ0v) is 15.8. The number of rotatable bonds is 5. The maximum absolute atomic E-state index is 12.7. The molecule has 0 bridgehead atoms. The second kappa shape index (κ2) is 6.95. The van der Waals surface area contributed by atoms with Gasteiger partial charge in [0.1, 0.15) is 11.5 Å². The molecule has 0 spiro atoms. The van der Waals surface area contributed by atoms with Gasteiger partial charge in [-0.05, 0) is 50.5 Å². The fourth-order valence-corrected chi connectivity index (χ4v) is 3.48. The first kappa shape index (κ1) is 17.4. The Morgan fingerprint density at radius 3 is 2.81 bits per heavy atom. The van der Waals surface area contributed by atoms with Crippen LogP contribution < -0.4 is 10.1 Å². The Kier molecular flexibility index (Phi) is 4.48. The Hall–Kier alpha value is -3.02. The molecule has 1 aliphatic carbocycles. The maximum Gasteiger partial charge on any atom is 0.287 e. The van der Waals surface area contributed by atoms with E-state index in [2.05, 4.69) is 15.5 Å². The molecule has 2 N–H and O–H groups in total. The molecule has 0 fully saturated rings. The quantitative estimate of drug-likeness (QED) is 0.721. The number of hydrogen-bond acceptors (Lipinski definition) is 4. The number of aromatic nitrogens is 2. The molecule has 0 radical (unpaired) electrons. The average molecular weight is 365 g/mol. The van der Waals surface area contributed by atoms with Crippen molar-refractivity contribution in [1.82, 2.24) is 15.5 Å². The van der Waals surface area contributed by atoms with E-state index >= 15 is 0 Å². The molecule has 0 aliphatic heterocycles. The topological polar surface area (TPSA) is 80.1 Å². The Bertz CT molecular complexity index is 967. The minimum Gasteiger partial charge on any atom is -0.491 e. The highest BCUT2D eigenvalue weighted by atomic mass is 16.5. The van der Waals surface area contributed by atoms with Crippen LogP contribution in [0, 0.1) is 6.92 Å². The van der Waals surface area contributed by atoms with E-state index in [1.165, 1.54) is 5.56 Å². The molecular formula is C21H23N3O3. The molecule has 2 aromatic heterocycles. The van der Waals surface area contributed by atoms with Crippen molar-refractivity contribution in [2.75, 3.05) is 0 Å². The maximum atomic E-state index is 12.7. The molecule has 1 aromatic carbocycles. The van der Waals surface area contributed by atoms with Crippen LogP contribution in [-0.2, 0) is 19.4 Å². The summed E-state index contributed by atoms with van der Waals surface area (Å²) < 4.78 is 11.5. The number of ether oxygens (including phenoxy) is 1. The Balaban J connectivity index is 1.47. The summed E-state index contributed by atoms with van der Waals surface area (Å²) in [6.07, 6.45) is 3.64. The van der Waals surface area contributed by atoms with E-state index in [9.17, 15) is 4.79 Å². The molecule has 0 saturated heterocycles. The largest absolute Gasteiger partial charge is 0.491 e. The fourth-order valence-electron chi connectivity index (χ4n) is 3.48. The molecule has 140 valence electrons. The standard InChI is InChI=1S/C21H23N3O3/c1-12(2)26-16-7-4-14(5-8-16)10-22-21(25)20-13(3)18-17(27-20)9-6-15-11-23-24-19(15)18/h4-5,7-8,11-12H,6,9-10H2,1-3H3,(H,22,25)(H,23,24). The summed E-state index contributed by atoms with van der Waals surface area (Å²) in [5, 5.41) is 10.1. The van der Waals surface area contributed by atoms with Crippen LogP contribution in [0.25, 0.3) is 11.3 Å². The second-order valence-corrected chi connectivity index (χ2v) is 7.12. The van der Waals surface area contributed by atoms with Crippen LogP contribution in [0.2, 0.25) is 0 Å². The van der Waals surface area contributed by atoms with Crippen LogP contribution in [0.15, 0.2) is 34.9 Å². The van der Waals surface area contributed by atoms with E-state index in [-0.39, 0.29) is 12.0 Å². The zero-order valence-electron chi connectivity index (χ0n) is 15.8. The highest BCUT2D eigenvalue weighted by molar-refractivity contribution is 5.95. The van der Waals surface area contributed by atoms with Gasteiger partial charge in [0.2, 0.25) is 0 Å². The summed E-state index contributed by atoms with van der Waals surface area (Å²) in [5.41, 5.74) is 4.98. The smallest absolute Gasteiger partial charge is 0.287 e. The molecule has 6 heteroatoms. The van der Waals surface area contributed by atoms with E-state index in [0.29, 0.717) is 12.3 Å². The van der Waals surface area contributed by atoms with Gasteiger partial charge in [-0.3, -0.25) is 9.89 Å². The number of H-pyrrole nitrogens is 1. The van der Waals surface area contributed by atoms with Crippen LogP contribution in [0.1, 0.15) is 46.9 Å². The van der Waals surface area contributed by atoms with Gasteiger partial charge in [0.25, 0.3) is 5.91 Å². The SMILES string of the molecule is Cc1c(C(=O)NCc2ccc(OC(C)C)cc2)oc2c1-c1[nH]ncc1CC2. The zero-order chi connectivity index (χ0) is 19.0. The summed E-state index contributed by atoms with van der Waals surface area (Å²) >= 11 is 0. The third-order valence-electron chi connectivity index (χ3n) is 4.76. The third kappa shape index (κ3) is 3.35. The molecule has 0 saturated carbocycles. The number of aromatic amines is 1. The van der Waals surface area contributed by atoms with Gasteiger partial charge in [-0.15, -0.1) is 0 Å². The number of aryl methyl sites for hydroxylation is 2. The van der Waals surface area contributed by atoms with Gasteiger partial charge in [-0.1, -0.05) is 12.1 Å². The lowest BCUT2D eigenvalue weighted by molar-refractivity contribution is 0.0920. The number of fused-ring (bicyclic) bond motifs is 3. The summed E-state index contributed by atoms with van der Waals surface area (Å²) in [4.78, 5) is 12.7. The Labute approximate surface area is 157 Å². The summed E-state index contributed by atoms with van der Waals surface area (Å²) in [7, 11) is 0.